The smallest absolute Gasteiger partial charge is 0.326 e. The Morgan fingerprint density at radius 3 is 2.50 bits per heavy atom. The highest BCUT2D eigenvalue weighted by molar-refractivity contribution is 5.94. The zero-order valence-corrected chi connectivity index (χ0v) is 21.5. The lowest BCUT2D eigenvalue weighted by atomic mass is 10.1. The zero-order chi connectivity index (χ0) is 28.1. The van der Waals surface area contributed by atoms with Crippen LogP contribution < -0.4 is 33.6 Å². The zero-order valence-electron chi connectivity index (χ0n) is 21.5. The van der Waals surface area contributed by atoms with Crippen molar-refractivity contribution in [1.82, 2.24) is 25.5 Å². The summed E-state index contributed by atoms with van der Waals surface area (Å²) in [6.07, 6.45) is 6.20. The quantitative estimate of drug-likeness (QED) is 0.0625. The summed E-state index contributed by atoms with van der Waals surface area (Å²) in [5.74, 6) is -2.84. The van der Waals surface area contributed by atoms with Crippen molar-refractivity contribution in [2.24, 2.45) is 27.9 Å². The van der Waals surface area contributed by atoms with Crippen LogP contribution in [0.2, 0.25) is 0 Å². The van der Waals surface area contributed by atoms with E-state index in [0.717, 1.165) is 0 Å². The number of guanidine groups is 1. The lowest BCUT2D eigenvalue weighted by Crippen LogP contribution is -2.57. The van der Waals surface area contributed by atoms with Crippen LogP contribution in [0, 0.1) is 0 Å². The molecule has 15 nitrogen and oxygen atoms in total. The van der Waals surface area contributed by atoms with E-state index in [1.807, 2.05) is 0 Å². The van der Waals surface area contributed by atoms with E-state index in [1.165, 1.54) is 17.4 Å². The fraction of sp³-hybridized carbons (Fsp3) is 0.652. The number of likely N-dealkylation sites (tertiary alicyclic amines) is 1. The molecule has 212 valence electrons. The number of amides is 3. The van der Waals surface area contributed by atoms with Crippen molar-refractivity contribution in [3.05, 3.63) is 18.2 Å². The molecule has 0 aromatic carbocycles. The number of unbranched alkanes of at least 4 members (excludes halogenated alkanes) is 1. The number of carbonyl (C=O) groups excluding carboxylic acids is 3. The van der Waals surface area contributed by atoms with Gasteiger partial charge in [-0.15, -0.1) is 0 Å². The van der Waals surface area contributed by atoms with Crippen LogP contribution in [0.25, 0.3) is 0 Å². The molecule has 15 heteroatoms. The maximum absolute atomic E-state index is 13.4. The largest absolute Gasteiger partial charge is 0.480 e. The van der Waals surface area contributed by atoms with Crippen LogP contribution in [0.5, 0.6) is 0 Å². The molecule has 0 spiro atoms. The average molecular weight is 537 g/mol. The summed E-state index contributed by atoms with van der Waals surface area (Å²) in [5.41, 5.74) is 22.8. The number of aromatic nitrogens is 2. The number of aliphatic imine (C=N–C) groups is 1. The lowest BCUT2D eigenvalue weighted by Gasteiger charge is -2.29. The molecule has 0 bridgehead atoms. The Labute approximate surface area is 221 Å². The molecule has 12 N–H and O–H groups in total. The minimum absolute atomic E-state index is 0.0562. The summed E-state index contributed by atoms with van der Waals surface area (Å²) in [4.78, 5) is 63.2. The molecule has 0 aliphatic carbocycles. The predicted molar refractivity (Wildman–Crippen MR) is 139 cm³/mol. The van der Waals surface area contributed by atoms with Crippen LogP contribution in [0.3, 0.4) is 0 Å². The molecule has 3 amide bonds. The van der Waals surface area contributed by atoms with E-state index in [4.69, 9.17) is 22.9 Å². The number of nitrogens with zero attached hydrogens (tertiary/aromatic N) is 3. The van der Waals surface area contributed by atoms with Crippen LogP contribution in [0.15, 0.2) is 17.5 Å². The highest BCUT2D eigenvalue weighted by Crippen LogP contribution is 2.19. The first-order chi connectivity index (χ1) is 18.1. The maximum Gasteiger partial charge on any atom is 0.326 e. The highest BCUT2D eigenvalue weighted by atomic mass is 16.4. The first-order valence-electron chi connectivity index (χ1n) is 12.8. The molecule has 38 heavy (non-hydrogen) atoms. The number of carbonyl (C=O) groups is 4. The van der Waals surface area contributed by atoms with E-state index in [1.54, 1.807) is 0 Å². The minimum Gasteiger partial charge on any atom is -0.480 e. The molecule has 1 fully saturated rings. The number of nitrogens with two attached hydrogens (primary N) is 4. The molecule has 1 aliphatic heterocycles. The van der Waals surface area contributed by atoms with Gasteiger partial charge in [-0.3, -0.25) is 19.4 Å². The van der Waals surface area contributed by atoms with Gasteiger partial charge in [-0.2, -0.15) is 0 Å². The molecule has 1 aliphatic rings. The summed E-state index contributed by atoms with van der Waals surface area (Å²) in [6.45, 7) is 0.978. The van der Waals surface area contributed by atoms with Gasteiger partial charge >= 0.3 is 5.97 Å². The van der Waals surface area contributed by atoms with E-state index in [-0.39, 0.29) is 31.9 Å². The average Bonchev–Trinajstić information content (AvgIpc) is 3.57. The van der Waals surface area contributed by atoms with Gasteiger partial charge < -0.3 is 48.6 Å². The Kier molecular flexibility index (Phi) is 12.5. The van der Waals surface area contributed by atoms with Gasteiger partial charge in [0.05, 0.1) is 12.4 Å². The molecule has 0 radical (unpaired) electrons. The molecule has 4 atom stereocenters. The van der Waals surface area contributed by atoms with Crippen LogP contribution in [-0.4, -0.2) is 93.4 Å². The number of aliphatic carboxylic acids is 1. The number of hydrogen-bond donors (Lipinski definition) is 8. The summed E-state index contributed by atoms with van der Waals surface area (Å²) in [7, 11) is 0. The summed E-state index contributed by atoms with van der Waals surface area (Å²) in [6, 6.07) is -3.91. The molecule has 4 unspecified atom stereocenters. The standard InChI is InChI=1S/C23H40N10O5/c24-8-2-1-5-15(25)19(34)31-16(6-3-9-29-23(26)27)20(35)32-17(11-14-12-28-13-30-14)21(36)33-10-4-7-18(33)22(37)38/h12-13,15-18H,1-11,24-25H2,(H,28,30)(H,31,34)(H,32,35)(H,37,38)(H4,26,27,29). The number of aromatic amines is 1. The number of imidazole rings is 1. The number of rotatable bonds is 16. The second-order valence-electron chi connectivity index (χ2n) is 9.27. The van der Waals surface area contributed by atoms with Crippen molar-refractivity contribution in [3.8, 4) is 0 Å². The van der Waals surface area contributed by atoms with Crippen molar-refractivity contribution in [1.29, 1.82) is 0 Å². The lowest BCUT2D eigenvalue weighted by molar-refractivity contribution is -0.149. The fourth-order valence-electron chi connectivity index (χ4n) is 4.27. The molecule has 2 rings (SSSR count). The molecular formula is C23H40N10O5. The molecule has 0 saturated carbocycles. The molecule has 1 aromatic heterocycles. The number of H-pyrrole nitrogens is 1. The molecule has 1 aromatic rings. The van der Waals surface area contributed by atoms with Gasteiger partial charge in [-0.1, -0.05) is 6.42 Å². The van der Waals surface area contributed by atoms with Gasteiger partial charge in [-0.05, 0) is 45.1 Å². The first kappa shape index (κ1) is 30.5. The van der Waals surface area contributed by atoms with Crippen molar-refractivity contribution in [2.45, 2.75) is 75.5 Å². The monoisotopic (exact) mass is 536 g/mol. The number of nitrogens with one attached hydrogen (secondary N) is 3. The van der Waals surface area contributed by atoms with Crippen molar-refractivity contribution in [3.63, 3.8) is 0 Å². The Morgan fingerprint density at radius 2 is 1.87 bits per heavy atom. The predicted octanol–water partition coefficient (Wildman–Crippen LogP) is -2.49. The fourth-order valence-corrected chi connectivity index (χ4v) is 4.27. The Morgan fingerprint density at radius 1 is 1.13 bits per heavy atom. The van der Waals surface area contributed by atoms with Crippen LogP contribution >= 0.6 is 0 Å². The van der Waals surface area contributed by atoms with E-state index in [2.05, 4.69) is 25.6 Å². The number of carboxylic acid groups (broad SMARTS) is 1. The SMILES string of the molecule is NCCCCC(N)C(=O)NC(CCCN=C(N)N)C(=O)NC(Cc1cnc[nH]1)C(=O)N1CCCC1C(=O)O. The van der Waals surface area contributed by atoms with Gasteiger partial charge in [-0.25, -0.2) is 9.78 Å². The summed E-state index contributed by atoms with van der Waals surface area (Å²) >= 11 is 0. The second kappa shape index (κ2) is 15.5. The van der Waals surface area contributed by atoms with Crippen LogP contribution in [0.1, 0.15) is 50.6 Å². The Bertz CT molecular complexity index is 950. The maximum atomic E-state index is 13.4. The minimum atomic E-state index is -1.10. The van der Waals surface area contributed by atoms with Crippen LogP contribution in [-0.2, 0) is 25.6 Å². The molecular weight excluding hydrogens is 496 g/mol. The number of hydrogen-bond acceptors (Lipinski definition) is 8. The Balaban J connectivity index is 2.18. The van der Waals surface area contributed by atoms with Gasteiger partial charge in [0, 0.05) is 31.4 Å². The van der Waals surface area contributed by atoms with Gasteiger partial charge in [0.2, 0.25) is 17.7 Å². The van der Waals surface area contributed by atoms with E-state index in [9.17, 15) is 24.3 Å². The second-order valence-corrected chi connectivity index (χ2v) is 9.27. The van der Waals surface area contributed by atoms with E-state index in [0.29, 0.717) is 50.8 Å². The summed E-state index contributed by atoms with van der Waals surface area (Å²) in [5, 5.41) is 14.9. The summed E-state index contributed by atoms with van der Waals surface area (Å²) < 4.78 is 0. The highest BCUT2D eigenvalue weighted by Gasteiger charge is 2.38. The molecule has 2 heterocycles. The molecule has 1 saturated heterocycles. The first-order valence-corrected chi connectivity index (χ1v) is 12.8. The third-order valence-corrected chi connectivity index (χ3v) is 6.30. The van der Waals surface area contributed by atoms with Gasteiger partial charge in [0.1, 0.15) is 18.1 Å². The topological polar surface area (TPSA) is 261 Å². The van der Waals surface area contributed by atoms with Crippen LogP contribution in [0.4, 0.5) is 0 Å². The van der Waals surface area contributed by atoms with E-state index >= 15 is 0 Å². The third-order valence-electron chi connectivity index (χ3n) is 6.30. The number of carboxylic acids is 1. The normalized spacial score (nSPS) is 17.3. The van der Waals surface area contributed by atoms with Gasteiger partial charge in [0.25, 0.3) is 0 Å². The van der Waals surface area contributed by atoms with E-state index < -0.39 is 47.9 Å². The van der Waals surface area contributed by atoms with Crippen molar-refractivity contribution < 1.29 is 24.3 Å². The third kappa shape index (κ3) is 9.63. The van der Waals surface area contributed by atoms with Crippen molar-refractivity contribution >= 4 is 29.7 Å². The Hall–Kier alpha value is -3.72. The van der Waals surface area contributed by atoms with Crippen molar-refractivity contribution in [2.75, 3.05) is 19.6 Å². The van der Waals surface area contributed by atoms with Gasteiger partial charge in [0.15, 0.2) is 5.96 Å².